The molecule has 23 heavy (non-hydrogen) atoms. The zero-order valence-electron chi connectivity index (χ0n) is 12.1. The van der Waals surface area contributed by atoms with Crippen LogP contribution in [0.5, 0.6) is 5.75 Å². The van der Waals surface area contributed by atoms with Crippen molar-refractivity contribution in [2.45, 2.75) is 47.7 Å². The summed E-state index contributed by atoms with van der Waals surface area (Å²) in [7, 11) is 0. The van der Waals surface area contributed by atoms with Gasteiger partial charge in [-0.2, -0.15) is 0 Å². The minimum absolute atomic E-state index is 0.109. The molecule has 116 valence electrons. The molecule has 4 atom stereocenters. The van der Waals surface area contributed by atoms with Crippen LogP contribution < -0.4 is 5.43 Å². The molecule has 1 N–H and O–H groups in total. The third kappa shape index (κ3) is 0.124. The van der Waals surface area contributed by atoms with Gasteiger partial charge < -0.3 is 0 Å². The van der Waals surface area contributed by atoms with Gasteiger partial charge in [-0.15, -0.1) is 0 Å². The Kier molecular flexibility index (Phi) is 0.328. The summed E-state index contributed by atoms with van der Waals surface area (Å²) in [5, 5.41) is 10.4. The zero-order chi connectivity index (χ0) is 14.4. The summed E-state index contributed by atoms with van der Waals surface area (Å²) in [6.45, 7) is -3.28. The number of benzene rings is 1. The van der Waals surface area contributed by atoms with Crippen molar-refractivity contribution in [3.63, 3.8) is 0 Å². The average Bonchev–Trinajstić information content (AvgIpc) is 3.46. The molecule has 3 nitrogen and oxygen atoms in total. The third-order valence-corrected chi connectivity index (χ3v) is 59.1. The monoisotopic (exact) mass is 346 g/mol. The summed E-state index contributed by atoms with van der Waals surface area (Å²) >= 11 is 0. The summed E-state index contributed by atoms with van der Waals surface area (Å²) in [6.07, 6.45) is 0. The van der Waals surface area contributed by atoms with Crippen LogP contribution in [-0.2, 0) is 10.8 Å². The molecule has 0 bridgehead atoms. The standard InChI is InChI=1S/C14H9O3.C5H5.Fe/c15-10-5-6-11-12(16)8-13(17-14(11)7-10)9-3-1-2-4-9;1-2-4-5-3-1;/h1-8,15H;1-5H;. The van der Waals surface area contributed by atoms with E-state index in [1.807, 2.05) is 6.07 Å². The fourth-order valence-electron chi connectivity index (χ4n) is 18.2. The van der Waals surface area contributed by atoms with Gasteiger partial charge in [-0.05, 0) is 0 Å². The van der Waals surface area contributed by atoms with Crippen LogP contribution in [0.15, 0.2) is 33.5 Å². The molecule has 10 aliphatic heterocycles. The molecule has 12 rings (SSSR count). The first kappa shape index (κ1) is 8.73. The summed E-state index contributed by atoms with van der Waals surface area (Å²) in [4.78, 5) is 23.5. The van der Waals surface area contributed by atoms with Crippen LogP contribution in [0.25, 0.3) is 11.0 Å². The summed E-state index contributed by atoms with van der Waals surface area (Å²) in [5.74, 6) is 1.30. The molecule has 10 fully saturated rings. The van der Waals surface area contributed by atoms with Gasteiger partial charge in [0.1, 0.15) is 0 Å². The Balaban J connectivity index is 1.37. The molecule has 4 heteroatoms. The van der Waals surface area contributed by atoms with Gasteiger partial charge >= 0.3 is 121 Å². The van der Waals surface area contributed by atoms with E-state index < -0.39 is 6.51 Å². The van der Waals surface area contributed by atoms with Gasteiger partial charge in [0.15, 0.2) is 0 Å². The van der Waals surface area contributed by atoms with Crippen molar-refractivity contribution in [3.05, 3.63) is 40.2 Å². The third-order valence-electron chi connectivity index (χ3n) is 16.8. The van der Waals surface area contributed by atoms with Crippen molar-refractivity contribution < 1.29 is 16.0 Å². The Morgan fingerprint density at radius 3 is 2.13 bits per heavy atom. The van der Waals surface area contributed by atoms with Crippen LogP contribution in [0.3, 0.4) is 0 Å². The summed E-state index contributed by atoms with van der Waals surface area (Å²) in [5.41, 5.74) is 0.723. The van der Waals surface area contributed by atoms with E-state index in [1.165, 1.54) is 33.7 Å². The van der Waals surface area contributed by atoms with Crippen LogP contribution in [0, 0.1) is 0 Å². The number of hydrogen-bond acceptors (Lipinski definition) is 3. The molecule has 0 amide bonds. The van der Waals surface area contributed by atoms with Gasteiger partial charge in [-0.1, -0.05) is 0 Å². The number of fused-ring (bicyclic) bond motifs is 11. The normalized spacial score (nSPS) is 91.2. The fourth-order valence-corrected chi connectivity index (χ4v) is 92.1. The number of rotatable bonds is 1. The minimum atomic E-state index is -3.28. The van der Waals surface area contributed by atoms with E-state index in [2.05, 4.69) is 0 Å². The average molecular weight is 346 g/mol. The topological polar surface area (TPSA) is 50.4 Å². The first-order valence-corrected chi connectivity index (χ1v) is 15.2. The Bertz CT molecular complexity index is 1510. The van der Waals surface area contributed by atoms with Crippen molar-refractivity contribution in [2.24, 2.45) is 0 Å². The molecule has 10 aliphatic rings. The molecule has 0 aliphatic carbocycles. The van der Waals surface area contributed by atoms with Crippen molar-refractivity contribution in [2.75, 3.05) is 0 Å². The van der Waals surface area contributed by atoms with E-state index in [-0.39, 0.29) is 11.2 Å². The quantitative estimate of drug-likeness (QED) is 0.784. The van der Waals surface area contributed by atoms with E-state index in [9.17, 15) is 9.90 Å². The predicted molar refractivity (Wildman–Crippen MR) is 79.6 cm³/mol. The van der Waals surface area contributed by atoms with E-state index in [0.29, 0.717) is 15.3 Å². The fraction of sp³-hybridized carbons (Fsp3) is 0.526. The van der Waals surface area contributed by atoms with E-state index in [1.54, 1.807) is 18.2 Å². The maximum atomic E-state index is 12.7. The first-order chi connectivity index (χ1) is 10.9. The maximum absolute atomic E-state index is 12.7. The van der Waals surface area contributed by atoms with Gasteiger partial charge in [0.2, 0.25) is 0 Å². The molecule has 10 saturated heterocycles. The predicted octanol–water partition coefficient (Wildman–Crippen LogP) is 4.29. The van der Waals surface area contributed by atoms with Gasteiger partial charge in [-0.3, -0.25) is 0 Å². The van der Waals surface area contributed by atoms with Gasteiger partial charge in [0, 0.05) is 0 Å². The zero-order valence-corrected chi connectivity index (χ0v) is 13.2. The second-order valence-corrected chi connectivity index (χ2v) is 35.9. The second kappa shape index (κ2) is 0.865. The van der Waals surface area contributed by atoms with Crippen LogP contribution in [0.4, 0.5) is 0 Å². The van der Waals surface area contributed by atoms with Crippen LogP contribution in [0.1, 0.15) is 5.76 Å². The second-order valence-electron chi connectivity index (χ2n) is 12.3. The summed E-state index contributed by atoms with van der Waals surface area (Å²) in [6, 6.07) is 6.83. The van der Waals surface area contributed by atoms with Crippen molar-refractivity contribution in [1.29, 1.82) is 0 Å². The first-order valence-electron chi connectivity index (χ1n) is 8.91. The Morgan fingerprint density at radius 2 is 1.61 bits per heavy atom. The Labute approximate surface area is 121 Å². The van der Waals surface area contributed by atoms with Crippen molar-refractivity contribution >= 4 is 11.0 Å². The summed E-state index contributed by atoms with van der Waals surface area (Å²) < 4.78 is 6.89. The van der Waals surface area contributed by atoms with E-state index >= 15 is 0 Å². The molecule has 1 aromatic heterocycles. The number of phenolic OH excluding ortho intramolecular Hbond substituents is 1. The molecule has 1 aromatic carbocycles. The number of phenols is 1. The Hall–Kier alpha value is -1.25. The van der Waals surface area contributed by atoms with Gasteiger partial charge in [-0.25, -0.2) is 0 Å². The Morgan fingerprint density at radius 1 is 0.957 bits per heavy atom. The van der Waals surface area contributed by atoms with Gasteiger partial charge in [0.05, 0.1) is 0 Å². The molecular weight excluding hydrogens is 332 g/mol. The van der Waals surface area contributed by atoms with Crippen LogP contribution >= 0.6 is 0 Å². The number of hydrogen-bond donors (Lipinski definition) is 1. The number of aromatic hydroxyl groups is 1. The van der Waals surface area contributed by atoms with Crippen molar-refractivity contribution in [3.8, 4) is 5.75 Å². The molecule has 4 unspecified atom stereocenters. The molecular formula is C19H14FeO3. The van der Waals surface area contributed by atoms with Crippen LogP contribution in [0.2, 0.25) is 43.3 Å². The van der Waals surface area contributed by atoms with Crippen LogP contribution in [-0.4, -0.2) is 5.11 Å². The molecule has 1 spiro atoms. The molecule has 2 aromatic rings. The van der Waals surface area contributed by atoms with Gasteiger partial charge in [0.25, 0.3) is 0 Å². The van der Waals surface area contributed by atoms with E-state index in [4.69, 9.17) is 4.42 Å². The molecule has 0 radical (unpaired) electrons. The SMILES string of the molecule is O=c1cc([C]23[CH]4[CH]5[CH]6[CH]2[Fe]56432789[CH]3[CH]2[CH]7[CH]8[CH]39)oc2cc(O)ccc12. The molecule has 0 saturated carbocycles. The van der Waals surface area contributed by atoms with E-state index in [0.717, 1.165) is 15.4 Å². The van der Waals surface area contributed by atoms with Crippen molar-refractivity contribution in [1.82, 2.24) is 0 Å². The molecule has 11 heterocycles.